The van der Waals surface area contributed by atoms with Gasteiger partial charge < -0.3 is 23.9 Å². The van der Waals surface area contributed by atoms with Crippen LogP contribution in [0.3, 0.4) is 0 Å². The van der Waals surface area contributed by atoms with Gasteiger partial charge in [-0.3, -0.25) is 0 Å². The van der Waals surface area contributed by atoms with Crippen LogP contribution in [0.4, 0.5) is 4.79 Å². The first-order chi connectivity index (χ1) is 14.7. The summed E-state index contributed by atoms with van der Waals surface area (Å²) in [6, 6.07) is 7.62. The number of nitrogens with zero attached hydrogens (tertiary/aromatic N) is 2. The number of carbonyl (C=O) groups is 2. The molecule has 1 atom stereocenters. The molecule has 1 aromatic carbocycles. The SMILES string of the molecule is COC(=O)C1CC(c2ccc(OCCC3CCN(C(=O)OC(C)(C)C)CC3)cc2)=NO1. The molecule has 0 radical (unpaired) electrons. The number of esters is 1. The Hall–Kier alpha value is -2.77. The van der Waals surface area contributed by atoms with Gasteiger partial charge in [-0.05, 0) is 75.8 Å². The van der Waals surface area contributed by atoms with E-state index in [4.69, 9.17) is 14.3 Å². The molecule has 0 N–H and O–H groups in total. The minimum Gasteiger partial charge on any atom is -0.494 e. The highest BCUT2D eigenvalue weighted by Gasteiger charge is 2.30. The van der Waals surface area contributed by atoms with E-state index in [9.17, 15) is 9.59 Å². The number of rotatable bonds is 6. The van der Waals surface area contributed by atoms with Crippen LogP contribution in [0.5, 0.6) is 5.75 Å². The van der Waals surface area contributed by atoms with Gasteiger partial charge in [0.25, 0.3) is 0 Å². The van der Waals surface area contributed by atoms with Crippen LogP contribution in [0, 0.1) is 5.92 Å². The zero-order valence-corrected chi connectivity index (χ0v) is 18.8. The zero-order valence-electron chi connectivity index (χ0n) is 18.8. The van der Waals surface area contributed by atoms with Crippen LogP contribution in [-0.4, -0.2) is 61.2 Å². The summed E-state index contributed by atoms with van der Waals surface area (Å²) in [5, 5.41) is 3.99. The summed E-state index contributed by atoms with van der Waals surface area (Å²) in [6.45, 7) is 7.74. The highest BCUT2D eigenvalue weighted by Crippen LogP contribution is 2.24. The van der Waals surface area contributed by atoms with Crippen LogP contribution in [0.1, 0.15) is 52.0 Å². The fourth-order valence-electron chi connectivity index (χ4n) is 3.62. The van der Waals surface area contributed by atoms with Crippen molar-refractivity contribution < 1.29 is 28.6 Å². The number of amides is 1. The first-order valence-corrected chi connectivity index (χ1v) is 10.8. The lowest BCUT2D eigenvalue weighted by molar-refractivity contribution is -0.152. The number of hydrogen-bond donors (Lipinski definition) is 0. The predicted octanol–water partition coefficient (Wildman–Crippen LogP) is 3.77. The molecule has 0 bridgehead atoms. The molecule has 2 heterocycles. The highest BCUT2D eigenvalue weighted by molar-refractivity contribution is 6.03. The van der Waals surface area contributed by atoms with E-state index in [2.05, 4.69) is 9.89 Å². The van der Waals surface area contributed by atoms with Crippen LogP contribution >= 0.6 is 0 Å². The van der Waals surface area contributed by atoms with Gasteiger partial charge in [-0.25, -0.2) is 9.59 Å². The maximum absolute atomic E-state index is 12.1. The summed E-state index contributed by atoms with van der Waals surface area (Å²) in [5.41, 5.74) is 1.16. The lowest BCUT2D eigenvalue weighted by Crippen LogP contribution is -2.41. The van der Waals surface area contributed by atoms with Gasteiger partial charge in [0.15, 0.2) is 0 Å². The van der Waals surface area contributed by atoms with E-state index in [0.717, 1.165) is 49.4 Å². The van der Waals surface area contributed by atoms with Crippen molar-refractivity contribution in [2.75, 3.05) is 26.8 Å². The molecule has 1 unspecified atom stereocenters. The second-order valence-electron chi connectivity index (χ2n) is 8.93. The van der Waals surface area contributed by atoms with Gasteiger partial charge in [0.1, 0.15) is 11.4 Å². The maximum atomic E-state index is 12.1. The molecule has 0 spiro atoms. The molecule has 1 amide bonds. The van der Waals surface area contributed by atoms with E-state index in [0.29, 0.717) is 18.9 Å². The summed E-state index contributed by atoms with van der Waals surface area (Å²) in [6.07, 6.45) is 2.38. The number of oxime groups is 1. The van der Waals surface area contributed by atoms with Crippen molar-refractivity contribution in [1.29, 1.82) is 0 Å². The average molecular weight is 433 g/mol. The quantitative estimate of drug-likeness (QED) is 0.636. The molecule has 1 fully saturated rings. The number of carbonyl (C=O) groups excluding carboxylic acids is 2. The third-order valence-corrected chi connectivity index (χ3v) is 5.38. The largest absolute Gasteiger partial charge is 0.494 e. The molecule has 0 aliphatic carbocycles. The molecule has 8 heteroatoms. The number of benzene rings is 1. The second-order valence-corrected chi connectivity index (χ2v) is 8.93. The lowest BCUT2D eigenvalue weighted by atomic mass is 9.94. The molecule has 31 heavy (non-hydrogen) atoms. The van der Waals surface area contributed by atoms with Crippen molar-refractivity contribution in [3.63, 3.8) is 0 Å². The molecular weight excluding hydrogens is 400 g/mol. The Morgan fingerprint density at radius 3 is 2.45 bits per heavy atom. The fraction of sp³-hybridized carbons (Fsp3) is 0.609. The van der Waals surface area contributed by atoms with Crippen LogP contribution in [-0.2, 0) is 19.1 Å². The molecule has 170 valence electrons. The minimum absolute atomic E-state index is 0.225. The molecule has 0 aromatic heterocycles. The highest BCUT2D eigenvalue weighted by atomic mass is 16.7. The summed E-state index contributed by atoms with van der Waals surface area (Å²) >= 11 is 0. The molecule has 1 aromatic rings. The molecule has 3 rings (SSSR count). The minimum atomic E-state index is -0.669. The van der Waals surface area contributed by atoms with E-state index in [-0.39, 0.29) is 6.09 Å². The van der Waals surface area contributed by atoms with Gasteiger partial charge in [-0.1, -0.05) is 5.16 Å². The number of ether oxygens (including phenoxy) is 3. The Morgan fingerprint density at radius 1 is 1.16 bits per heavy atom. The van der Waals surface area contributed by atoms with Crippen molar-refractivity contribution in [3.8, 4) is 5.75 Å². The molecule has 2 aliphatic rings. The first-order valence-electron chi connectivity index (χ1n) is 10.8. The predicted molar refractivity (Wildman–Crippen MR) is 115 cm³/mol. The third kappa shape index (κ3) is 6.60. The van der Waals surface area contributed by atoms with Crippen LogP contribution in [0.2, 0.25) is 0 Å². The molecule has 8 nitrogen and oxygen atoms in total. The Labute approximate surface area is 183 Å². The van der Waals surface area contributed by atoms with Gasteiger partial charge in [0, 0.05) is 19.5 Å². The second kappa shape index (κ2) is 10.0. The van der Waals surface area contributed by atoms with E-state index in [1.807, 2.05) is 45.0 Å². The summed E-state index contributed by atoms with van der Waals surface area (Å²) in [4.78, 5) is 30.6. The van der Waals surface area contributed by atoms with Crippen molar-refractivity contribution in [2.24, 2.45) is 11.1 Å². The van der Waals surface area contributed by atoms with Gasteiger partial charge >= 0.3 is 12.1 Å². The van der Waals surface area contributed by atoms with E-state index < -0.39 is 17.7 Å². The number of methoxy groups -OCH3 is 1. The smallest absolute Gasteiger partial charge is 0.410 e. The molecule has 1 saturated heterocycles. The van der Waals surface area contributed by atoms with E-state index in [1.54, 1.807) is 4.90 Å². The fourth-order valence-corrected chi connectivity index (χ4v) is 3.62. The summed E-state index contributed by atoms with van der Waals surface area (Å²) < 4.78 is 16.0. The van der Waals surface area contributed by atoms with Crippen LogP contribution < -0.4 is 4.74 Å². The number of piperidine rings is 1. The van der Waals surface area contributed by atoms with E-state index >= 15 is 0 Å². The summed E-state index contributed by atoms with van der Waals surface area (Å²) in [5.74, 6) is 0.910. The first kappa shape index (κ1) is 22.9. The third-order valence-electron chi connectivity index (χ3n) is 5.38. The van der Waals surface area contributed by atoms with Gasteiger partial charge in [-0.15, -0.1) is 0 Å². The van der Waals surface area contributed by atoms with Gasteiger partial charge in [-0.2, -0.15) is 0 Å². The standard InChI is InChI=1S/C23H32N2O6/c1-23(2,3)30-22(27)25-12-9-16(10-13-25)11-14-29-18-7-5-17(6-8-18)19-15-20(31-24-19)21(26)28-4/h5-8,16,20H,9-15H2,1-4H3. The Bertz CT molecular complexity index is 791. The summed E-state index contributed by atoms with van der Waals surface area (Å²) in [7, 11) is 1.33. The number of likely N-dealkylation sites (tertiary alicyclic amines) is 1. The Balaban J connectivity index is 1.37. The lowest BCUT2D eigenvalue weighted by Gasteiger charge is -2.33. The topological polar surface area (TPSA) is 86.7 Å². The monoisotopic (exact) mass is 432 g/mol. The Kier molecular flexibility index (Phi) is 7.41. The molecular formula is C23H32N2O6. The normalized spacial score (nSPS) is 19.4. The van der Waals surface area contributed by atoms with Gasteiger partial charge in [0.2, 0.25) is 6.10 Å². The zero-order chi connectivity index (χ0) is 22.4. The van der Waals surface area contributed by atoms with Crippen LogP contribution in [0.25, 0.3) is 0 Å². The van der Waals surface area contributed by atoms with E-state index in [1.165, 1.54) is 7.11 Å². The van der Waals surface area contributed by atoms with Crippen molar-refractivity contribution in [2.45, 2.75) is 58.2 Å². The van der Waals surface area contributed by atoms with Crippen molar-refractivity contribution in [3.05, 3.63) is 29.8 Å². The average Bonchev–Trinajstić information content (AvgIpc) is 3.23. The molecule has 2 aliphatic heterocycles. The maximum Gasteiger partial charge on any atom is 0.410 e. The Morgan fingerprint density at radius 2 is 1.84 bits per heavy atom. The molecule has 0 saturated carbocycles. The number of hydrogen-bond acceptors (Lipinski definition) is 7. The van der Waals surface area contributed by atoms with Crippen molar-refractivity contribution >= 4 is 17.8 Å². The van der Waals surface area contributed by atoms with Gasteiger partial charge in [0.05, 0.1) is 19.4 Å². The van der Waals surface area contributed by atoms with Crippen molar-refractivity contribution in [1.82, 2.24) is 4.90 Å². The van der Waals surface area contributed by atoms with Crippen LogP contribution in [0.15, 0.2) is 29.4 Å².